The van der Waals surface area contributed by atoms with E-state index < -0.39 is 0 Å². The second-order valence-electron chi connectivity index (χ2n) is 27.8. The molecule has 0 radical (unpaired) electrons. The van der Waals surface area contributed by atoms with Crippen LogP contribution in [0.5, 0.6) is 23.0 Å². The summed E-state index contributed by atoms with van der Waals surface area (Å²) in [6, 6.07) is 19.3. The summed E-state index contributed by atoms with van der Waals surface area (Å²) in [5.74, 6) is 1.38. The van der Waals surface area contributed by atoms with Crippen molar-refractivity contribution in [1.29, 1.82) is 0 Å². The third-order valence-corrected chi connectivity index (χ3v) is 14.7. The maximum atomic E-state index is 13.9. The quantitative estimate of drug-likeness (QED) is 0.0381. The molecule has 4 aromatic rings. The molecule has 4 amide bonds. The van der Waals surface area contributed by atoms with Crippen molar-refractivity contribution in [3.8, 4) is 23.0 Å². The van der Waals surface area contributed by atoms with E-state index in [0.717, 1.165) is 61.2 Å². The van der Waals surface area contributed by atoms with Crippen molar-refractivity contribution in [1.82, 2.24) is 40.9 Å². The molecule has 0 atom stereocenters. The van der Waals surface area contributed by atoms with Crippen LogP contribution in [0.25, 0.3) is 0 Å². The molecule has 16 nitrogen and oxygen atoms in total. The van der Waals surface area contributed by atoms with Crippen LogP contribution < -0.4 is 40.2 Å². The molecule has 16 heteroatoms. The zero-order chi connectivity index (χ0) is 63.6. The first-order chi connectivity index (χ1) is 39.5. The van der Waals surface area contributed by atoms with Gasteiger partial charge in [0.15, 0.2) is 26.4 Å². The van der Waals surface area contributed by atoms with Crippen LogP contribution >= 0.6 is 0 Å². The summed E-state index contributed by atoms with van der Waals surface area (Å²) < 4.78 is 26.9. The van der Waals surface area contributed by atoms with E-state index >= 15 is 0 Å². The minimum atomic E-state index is -0.350. The van der Waals surface area contributed by atoms with E-state index in [1.807, 2.05) is 82.0 Å². The Hall–Kier alpha value is -6.20. The molecule has 4 N–H and O–H groups in total. The first-order valence-electron chi connectivity index (χ1n) is 30.3. The third-order valence-electron chi connectivity index (χ3n) is 14.7. The van der Waals surface area contributed by atoms with Crippen molar-refractivity contribution >= 4 is 23.6 Å². The van der Waals surface area contributed by atoms with Gasteiger partial charge in [-0.25, -0.2) is 0 Å². The Bertz CT molecular complexity index is 2850. The summed E-state index contributed by atoms with van der Waals surface area (Å²) >= 11 is 0. The number of nitrogens with zero attached hydrogens (tertiary/aromatic N) is 4. The van der Waals surface area contributed by atoms with Crippen LogP contribution in [0, 0.1) is 0 Å². The molecule has 0 fully saturated rings. The van der Waals surface area contributed by atoms with Crippen LogP contribution in [0.3, 0.4) is 0 Å². The van der Waals surface area contributed by atoms with Gasteiger partial charge in [0.1, 0.15) is 23.0 Å². The van der Waals surface area contributed by atoms with Gasteiger partial charge in [0.05, 0.1) is 0 Å². The Morgan fingerprint density at radius 2 is 0.600 bits per heavy atom. The fraction of sp³-hybridized carbons (Fsp3) is 0.594. The number of hydrogen-bond acceptors (Lipinski definition) is 12. The Kier molecular flexibility index (Phi) is 26.8. The molecule has 85 heavy (non-hydrogen) atoms. The number of amides is 4. The summed E-state index contributed by atoms with van der Waals surface area (Å²) in [6.45, 7) is 32.1. The van der Waals surface area contributed by atoms with Crippen molar-refractivity contribution in [3.05, 3.63) is 116 Å². The number of ether oxygens (including phenoxy) is 4. The lowest BCUT2D eigenvalue weighted by Crippen LogP contribution is -2.34. The van der Waals surface area contributed by atoms with Crippen LogP contribution in [0.4, 0.5) is 0 Å². The number of carbonyl (C=O) groups is 4. The zero-order valence-corrected chi connectivity index (χ0v) is 56.1. The van der Waals surface area contributed by atoms with Crippen molar-refractivity contribution in [3.63, 3.8) is 0 Å². The highest BCUT2D eigenvalue weighted by Crippen LogP contribution is 2.42. The predicted molar refractivity (Wildman–Crippen MR) is 347 cm³/mol. The minimum Gasteiger partial charge on any atom is -0.483 e. The van der Waals surface area contributed by atoms with Crippen LogP contribution in [0.2, 0.25) is 0 Å². The molecule has 0 spiro atoms. The van der Waals surface area contributed by atoms with Crippen LogP contribution in [-0.2, 0) is 66.5 Å². The Labute approximate surface area is 511 Å². The Morgan fingerprint density at radius 3 is 0.871 bits per heavy atom. The summed E-state index contributed by atoms with van der Waals surface area (Å²) in [6.07, 6.45) is 1.66. The van der Waals surface area contributed by atoms with Gasteiger partial charge in [-0.1, -0.05) is 139 Å². The molecule has 0 aromatic heterocycles. The van der Waals surface area contributed by atoms with Crippen molar-refractivity contribution in [2.45, 2.75) is 137 Å². The molecule has 472 valence electrons. The average Bonchev–Trinajstić information content (AvgIpc) is 3.45. The van der Waals surface area contributed by atoms with E-state index in [1.54, 1.807) is 0 Å². The molecule has 4 aromatic carbocycles. The molecule has 0 unspecified atom stereocenters. The second kappa shape index (κ2) is 32.0. The van der Waals surface area contributed by atoms with E-state index in [1.165, 1.54) is 0 Å². The van der Waals surface area contributed by atoms with Crippen LogP contribution in [0.1, 0.15) is 151 Å². The standard InChI is InChI=1S/C69H108N8O8/c1-22-47-36-55(67(5,6)7)39-50(63(47)83-44-60(79)71-26-30-75(16)17)34-51-40-57(69(11,12)13)42-53(65(51)85-46-62(81)73-28-32-77(20)21)35-52-41-56(68(8,9)10)38-49(64(52)84-45-61(80)72-27-31-76(18)19)33-48-37-54(66(2,3)4)23-24-58(48)82-43-59(78)70-25-29-74(14)15/h23-24,36-42H,22,25-35,43-46H2,1-21H3,(H,70,78)(H,71,79)(H,72,80)(H,73,81). The van der Waals surface area contributed by atoms with Crippen LogP contribution in [-0.4, -0.2) is 178 Å². The Morgan fingerprint density at radius 1 is 0.353 bits per heavy atom. The van der Waals surface area contributed by atoms with Gasteiger partial charge in [-0.05, 0) is 152 Å². The lowest BCUT2D eigenvalue weighted by molar-refractivity contribution is -0.123. The number of benzene rings is 4. The molecular weight excluding hydrogens is 1070 g/mol. The second-order valence-corrected chi connectivity index (χ2v) is 27.8. The summed E-state index contributed by atoms with van der Waals surface area (Å²) in [4.78, 5) is 62.3. The highest BCUT2D eigenvalue weighted by atomic mass is 16.5. The lowest BCUT2D eigenvalue weighted by atomic mass is 9.80. The van der Waals surface area contributed by atoms with Gasteiger partial charge in [0, 0.05) is 71.6 Å². The van der Waals surface area contributed by atoms with E-state index in [-0.39, 0.29) is 71.7 Å². The van der Waals surface area contributed by atoms with E-state index in [2.05, 4.69) is 160 Å². The topological polar surface area (TPSA) is 166 Å². The molecule has 0 aliphatic carbocycles. The predicted octanol–water partition coefficient (Wildman–Crippen LogP) is 8.44. The normalized spacial score (nSPS) is 12.2. The van der Waals surface area contributed by atoms with E-state index in [4.69, 9.17) is 18.9 Å². The number of aryl methyl sites for hydroxylation is 1. The fourth-order valence-electron chi connectivity index (χ4n) is 9.41. The monoisotopic (exact) mass is 1180 g/mol. The Balaban J connectivity index is 2.10. The van der Waals surface area contributed by atoms with E-state index in [0.29, 0.717) is 101 Å². The highest BCUT2D eigenvalue weighted by Gasteiger charge is 2.29. The first kappa shape index (κ1) is 71.3. The maximum absolute atomic E-state index is 13.9. The van der Waals surface area contributed by atoms with Gasteiger partial charge >= 0.3 is 0 Å². The summed E-state index contributed by atoms with van der Waals surface area (Å²) in [5, 5.41) is 12.1. The molecular formula is C69H108N8O8. The zero-order valence-electron chi connectivity index (χ0n) is 56.1. The van der Waals surface area contributed by atoms with Gasteiger partial charge in [-0.2, -0.15) is 0 Å². The van der Waals surface area contributed by atoms with Crippen molar-refractivity contribution in [2.75, 3.05) is 135 Å². The van der Waals surface area contributed by atoms with Crippen molar-refractivity contribution in [2.24, 2.45) is 0 Å². The fourth-order valence-corrected chi connectivity index (χ4v) is 9.41. The number of carbonyl (C=O) groups excluding carboxylic acids is 4. The maximum Gasteiger partial charge on any atom is 0.257 e. The molecule has 0 heterocycles. The minimum absolute atomic E-state index is 0.157. The average molecular weight is 1180 g/mol. The number of likely N-dealkylation sites (N-methyl/N-ethyl adjacent to an activating group) is 4. The molecule has 0 aliphatic rings. The molecule has 0 saturated carbocycles. The van der Waals surface area contributed by atoms with Gasteiger partial charge < -0.3 is 59.8 Å². The molecule has 0 saturated heterocycles. The van der Waals surface area contributed by atoms with Crippen molar-refractivity contribution < 1.29 is 38.1 Å². The molecule has 0 bridgehead atoms. The smallest absolute Gasteiger partial charge is 0.257 e. The van der Waals surface area contributed by atoms with Gasteiger partial charge in [-0.3, -0.25) is 19.2 Å². The number of hydrogen-bond donors (Lipinski definition) is 4. The van der Waals surface area contributed by atoms with Gasteiger partial charge in [-0.15, -0.1) is 0 Å². The number of nitrogens with one attached hydrogen (secondary N) is 4. The first-order valence-corrected chi connectivity index (χ1v) is 30.3. The van der Waals surface area contributed by atoms with Crippen LogP contribution in [0.15, 0.2) is 54.6 Å². The van der Waals surface area contributed by atoms with Gasteiger partial charge in [0.2, 0.25) is 0 Å². The summed E-state index contributed by atoms with van der Waals surface area (Å²) in [7, 11) is 15.7. The van der Waals surface area contributed by atoms with Gasteiger partial charge in [0.25, 0.3) is 23.6 Å². The summed E-state index contributed by atoms with van der Waals surface area (Å²) in [5.41, 5.74) is 9.25. The molecule has 4 rings (SSSR count). The number of rotatable bonds is 31. The lowest BCUT2D eigenvalue weighted by Gasteiger charge is -2.28. The largest absolute Gasteiger partial charge is 0.483 e. The SMILES string of the molecule is CCc1cc(C(C)(C)C)cc(Cc2cc(C(C)(C)C)cc(Cc3cc(C(C)(C)C)cc(Cc4cc(C(C)(C)C)ccc4OCC(=O)NCCN(C)C)c3OCC(=O)NCCN(C)C)c2OCC(=O)NCCN(C)C)c1OCC(=O)NCCN(C)C. The van der Waals surface area contributed by atoms with E-state index in [9.17, 15) is 19.2 Å². The molecule has 0 aliphatic heterocycles. The third kappa shape index (κ3) is 23.9. The highest BCUT2D eigenvalue weighted by molar-refractivity contribution is 5.79.